The van der Waals surface area contributed by atoms with E-state index in [0.29, 0.717) is 5.11 Å². The summed E-state index contributed by atoms with van der Waals surface area (Å²) in [6, 6.07) is 24.5. The van der Waals surface area contributed by atoms with E-state index in [1.807, 2.05) is 54.7 Å². The molecule has 9 heteroatoms. The third-order valence-corrected chi connectivity index (χ3v) is 6.77. The van der Waals surface area contributed by atoms with Crippen molar-refractivity contribution in [3.05, 3.63) is 113 Å². The van der Waals surface area contributed by atoms with E-state index in [9.17, 15) is 10.1 Å². The Kier molecular flexibility index (Phi) is 5.80. The number of nitrogens with one attached hydrogen (secondary N) is 2. The predicted octanol–water partition coefficient (Wildman–Crippen LogP) is 5.65. The highest BCUT2D eigenvalue weighted by molar-refractivity contribution is 7.99. The van der Waals surface area contributed by atoms with Crippen LogP contribution in [0.15, 0.2) is 101 Å². The number of rotatable bonds is 6. The molecule has 3 heterocycles. The van der Waals surface area contributed by atoms with E-state index in [-0.39, 0.29) is 17.8 Å². The average molecular weight is 474 g/mol. The molecule has 0 bridgehead atoms. The SMILES string of the molecule is O=[N+]([O-])c1ccc(Sc2ccc(N3C(=S)N[C@H](c4ccccn4)[C@H]3c3ccc[nH]3)cc2)cc1. The van der Waals surface area contributed by atoms with E-state index in [2.05, 4.69) is 26.3 Å². The predicted molar refractivity (Wildman–Crippen MR) is 132 cm³/mol. The van der Waals surface area contributed by atoms with Crippen LogP contribution in [0.1, 0.15) is 23.5 Å². The fourth-order valence-corrected chi connectivity index (χ4v) is 5.09. The second-order valence-electron chi connectivity index (χ2n) is 7.47. The van der Waals surface area contributed by atoms with Gasteiger partial charge in [0.1, 0.15) is 6.04 Å². The van der Waals surface area contributed by atoms with Gasteiger partial charge in [0.15, 0.2) is 5.11 Å². The molecule has 5 rings (SSSR count). The lowest BCUT2D eigenvalue weighted by molar-refractivity contribution is -0.384. The third-order valence-electron chi connectivity index (χ3n) is 5.44. The third kappa shape index (κ3) is 4.33. The van der Waals surface area contributed by atoms with Gasteiger partial charge in [0, 0.05) is 45.7 Å². The highest BCUT2D eigenvalue weighted by Crippen LogP contribution is 2.41. The van der Waals surface area contributed by atoms with Crippen LogP contribution in [0.25, 0.3) is 0 Å². The van der Waals surface area contributed by atoms with Crippen molar-refractivity contribution in [2.24, 2.45) is 0 Å². The Hall–Kier alpha value is -3.69. The summed E-state index contributed by atoms with van der Waals surface area (Å²) in [6.07, 6.45) is 3.70. The van der Waals surface area contributed by atoms with Gasteiger partial charge in [-0.15, -0.1) is 0 Å². The molecule has 7 nitrogen and oxygen atoms in total. The van der Waals surface area contributed by atoms with Crippen LogP contribution in [0.4, 0.5) is 11.4 Å². The van der Waals surface area contributed by atoms with Crippen LogP contribution in [0.5, 0.6) is 0 Å². The van der Waals surface area contributed by atoms with Crippen molar-refractivity contribution in [2.75, 3.05) is 4.90 Å². The number of nitro benzene ring substituents is 1. The molecule has 1 saturated heterocycles. The maximum absolute atomic E-state index is 10.9. The van der Waals surface area contributed by atoms with Crippen molar-refractivity contribution < 1.29 is 4.92 Å². The van der Waals surface area contributed by atoms with Gasteiger partial charge >= 0.3 is 0 Å². The fourth-order valence-electron chi connectivity index (χ4n) is 3.92. The minimum absolute atomic E-state index is 0.0735. The van der Waals surface area contributed by atoms with Crippen molar-refractivity contribution in [2.45, 2.75) is 21.9 Å². The Labute approximate surface area is 200 Å². The van der Waals surface area contributed by atoms with Gasteiger partial charge < -0.3 is 15.2 Å². The molecule has 0 saturated carbocycles. The number of nitrogens with zero attached hydrogens (tertiary/aromatic N) is 3. The minimum Gasteiger partial charge on any atom is -0.363 e. The van der Waals surface area contributed by atoms with Crippen LogP contribution < -0.4 is 10.2 Å². The van der Waals surface area contributed by atoms with Crippen molar-refractivity contribution in [1.29, 1.82) is 0 Å². The molecule has 2 aromatic carbocycles. The van der Waals surface area contributed by atoms with Crippen molar-refractivity contribution >= 4 is 40.5 Å². The Balaban J connectivity index is 1.41. The normalized spacial score (nSPS) is 17.7. The van der Waals surface area contributed by atoms with E-state index >= 15 is 0 Å². The second kappa shape index (κ2) is 9.05. The van der Waals surface area contributed by atoms with Crippen LogP contribution >= 0.6 is 24.0 Å². The molecule has 1 aliphatic rings. The van der Waals surface area contributed by atoms with Crippen LogP contribution in [0.2, 0.25) is 0 Å². The standard InChI is InChI=1S/C24H19N5O2S2/c30-29(31)17-8-12-19(13-9-17)33-18-10-6-16(7-11-18)28-23(21-5-3-15-26-21)22(27-24(28)32)20-4-1-2-14-25-20/h1-15,22-23,26H,(H,27,32)/t22-,23-/m1/s1. The number of H-pyrrole nitrogens is 1. The molecule has 0 radical (unpaired) electrons. The Morgan fingerprint density at radius 3 is 2.30 bits per heavy atom. The lowest BCUT2D eigenvalue weighted by atomic mass is 10.0. The van der Waals surface area contributed by atoms with Crippen LogP contribution in [0.3, 0.4) is 0 Å². The Morgan fingerprint density at radius 2 is 1.70 bits per heavy atom. The van der Waals surface area contributed by atoms with Gasteiger partial charge in [-0.25, -0.2) is 0 Å². The van der Waals surface area contributed by atoms with Crippen LogP contribution in [0, 0.1) is 10.1 Å². The molecule has 4 aromatic rings. The monoisotopic (exact) mass is 473 g/mol. The first-order valence-electron chi connectivity index (χ1n) is 10.3. The van der Waals surface area contributed by atoms with Gasteiger partial charge in [0.25, 0.3) is 5.69 Å². The van der Waals surface area contributed by atoms with Gasteiger partial charge in [0.05, 0.1) is 16.7 Å². The molecule has 0 amide bonds. The van der Waals surface area contributed by atoms with Gasteiger partial charge in [-0.05, 0) is 72.9 Å². The molecule has 0 unspecified atom stereocenters. The molecule has 2 atom stereocenters. The number of thiocarbonyl (C=S) groups is 1. The van der Waals surface area contributed by atoms with Gasteiger partial charge in [-0.3, -0.25) is 15.1 Å². The molecule has 2 N–H and O–H groups in total. The largest absolute Gasteiger partial charge is 0.363 e. The maximum atomic E-state index is 10.9. The van der Waals surface area contributed by atoms with Gasteiger partial charge in [0.2, 0.25) is 0 Å². The number of benzene rings is 2. The summed E-state index contributed by atoms with van der Waals surface area (Å²) in [6.45, 7) is 0. The van der Waals surface area contributed by atoms with E-state index < -0.39 is 4.92 Å². The van der Waals surface area contributed by atoms with Crippen molar-refractivity contribution in [1.82, 2.24) is 15.3 Å². The number of anilines is 1. The average Bonchev–Trinajstić information content (AvgIpc) is 3.48. The van der Waals surface area contributed by atoms with Crippen LogP contribution in [-0.2, 0) is 0 Å². The number of hydrogen-bond donors (Lipinski definition) is 2. The first-order chi connectivity index (χ1) is 16.1. The Morgan fingerprint density at radius 1 is 0.970 bits per heavy atom. The van der Waals surface area contributed by atoms with Gasteiger partial charge in [-0.1, -0.05) is 17.8 Å². The summed E-state index contributed by atoms with van der Waals surface area (Å²) in [5.74, 6) is 0. The highest BCUT2D eigenvalue weighted by atomic mass is 32.2. The molecule has 2 aromatic heterocycles. The fraction of sp³-hybridized carbons (Fsp3) is 0.0833. The van der Waals surface area contributed by atoms with E-state index in [0.717, 1.165) is 26.9 Å². The topological polar surface area (TPSA) is 87.1 Å². The molecular formula is C24H19N5O2S2. The quantitative estimate of drug-likeness (QED) is 0.213. The molecule has 164 valence electrons. The van der Waals surface area contributed by atoms with E-state index in [1.54, 1.807) is 30.1 Å². The number of nitro groups is 1. The summed E-state index contributed by atoms with van der Waals surface area (Å²) in [5, 5.41) is 14.9. The maximum Gasteiger partial charge on any atom is 0.269 e. The summed E-state index contributed by atoms with van der Waals surface area (Å²) >= 11 is 7.28. The lowest BCUT2D eigenvalue weighted by Crippen LogP contribution is -2.29. The zero-order chi connectivity index (χ0) is 22.8. The van der Waals surface area contributed by atoms with Gasteiger partial charge in [-0.2, -0.15) is 0 Å². The molecule has 33 heavy (non-hydrogen) atoms. The van der Waals surface area contributed by atoms with Crippen LogP contribution in [-0.4, -0.2) is 20.0 Å². The zero-order valence-electron chi connectivity index (χ0n) is 17.3. The Bertz CT molecular complexity index is 1260. The summed E-state index contributed by atoms with van der Waals surface area (Å²) in [4.78, 5) is 22.4. The minimum atomic E-state index is -0.394. The summed E-state index contributed by atoms with van der Waals surface area (Å²) in [5.41, 5.74) is 3.02. The smallest absolute Gasteiger partial charge is 0.269 e. The van der Waals surface area contributed by atoms with E-state index in [4.69, 9.17) is 12.2 Å². The second-order valence-corrected chi connectivity index (χ2v) is 9.00. The number of non-ortho nitro benzene ring substituents is 1. The molecule has 0 spiro atoms. The highest BCUT2D eigenvalue weighted by Gasteiger charge is 2.41. The first-order valence-corrected chi connectivity index (χ1v) is 11.5. The lowest BCUT2D eigenvalue weighted by Gasteiger charge is -2.27. The van der Waals surface area contributed by atoms with Crippen molar-refractivity contribution in [3.63, 3.8) is 0 Å². The zero-order valence-corrected chi connectivity index (χ0v) is 18.9. The number of aromatic amines is 1. The molecular weight excluding hydrogens is 454 g/mol. The number of aromatic nitrogens is 2. The summed E-state index contributed by atoms with van der Waals surface area (Å²) < 4.78 is 0. The molecule has 1 fully saturated rings. The summed E-state index contributed by atoms with van der Waals surface area (Å²) in [7, 11) is 0. The molecule has 1 aliphatic heterocycles. The first kappa shape index (κ1) is 21.2. The van der Waals surface area contributed by atoms with Crippen molar-refractivity contribution in [3.8, 4) is 0 Å². The number of hydrogen-bond acceptors (Lipinski definition) is 5. The molecule has 0 aliphatic carbocycles. The van der Waals surface area contributed by atoms with E-state index in [1.165, 1.54) is 12.1 Å². The number of pyridine rings is 1.